The maximum absolute atomic E-state index is 12.1. The molecule has 0 unspecified atom stereocenters. The smallest absolute Gasteiger partial charge is 0.213 e. The average molecular weight is 388 g/mol. The van der Waals surface area contributed by atoms with E-state index in [0.717, 1.165) is 51.3 Å². The molecule has 3 rings (SSSR count). The molecule has 6 nitrogen and oxygen atoms in total. The van der Waals surface area contributed by atoms with Crippen molar-refractivity contribution < 1.29 is 13.2 Å². The van der Waals surface area contributed by atoms with Gasteiger partial charge in [-0.15, -0.1) is 0 Å². The highest BCUT2D eigenvalue weighted by Crippen LogP contribution is 2.37. The number of sulfonamides is 1. The van der Waals surface area contributed by atoms with Crippen LogP contribution in [0.15, 0.2) is 0 Å². The van der Waals surface area contributed by atoms with E-state index in [-0.39, 0.29) is 11.4 Å². The fourth-order valence-electron chi connectivity index (χ4n) is 4.84. The molecule has 0 N–H and O–H groups in total. The Morgan fingerprint density at radius 2 is 1.73 bits per heavy atom. The Balaban J connectivity index is 1.52. The van der Waals surface area contributed by atoms with E-state index in [4.69, 9.17) is 4.74 Å². The molecule has 0 amide bonds. The van der Waals surface area contributed by atoms with E-state index in [1.165, 1.54) is 19.6 Å². The van der Waals surface area contributed by atoms with Crippen LogP contribution in [0.2, 0.25) is 0 Å². The minimum Gasteiger partial charge on any atom is -0.375 e. The first-order valence-electron chi connectivity index (χ1n) is 10.4. The molecule has 0 aromatic heterocycles. The zero-order valence-corrected chi connectivity index (χ0v) is 17.6. The molecule has 152 valence electrons. The number of rotatable bonds is 5. The Labute approximate surface area is 159 Å². The van der Waals surface area contributed by atoms with Crippen LogP contribution < -0.4 is 0 Å². The highest BCUT2D eigenvalue weighted by molar-refractivity contribution is 7.89. The fraction of sp³-hybridized carbons (Fsp3) is 1.00. The Morgan fingerprint density at radius 3 is 2.31 bits per heavy atom. The molecule has 0 saturated carbocycles. The molecule has 0 bridgehead atoms. The maximum Gasteiger partial charge on any atom is 0.213 e. The van der Waals surface area contributed by atoms with Crippen LogP contribution in [0.1, 0.15) is 46.5 Å². The summed E-state index contributed by atoms with van der Waals surface area (Å²) < 4.78 is 32.1. The van der Waals surface area contributed by atoms with Crippen LogP contribution in [0.3, 0.4) is 0 Å². The van der Waals surface area contributed by atoms with E-state index in [0.29, 0.717) is 19.1 Å². The number of ether oxygens (including phenoxy) is 1. The summed E-state index contributed by atoms with van der Waals surface area (Å²) in [5.41, 5.74) is -0.0995. The van der Waals surface area contributed by atoms with Crippen LogP contribution in [0.25, 0.3) is 0 Å². The standard InChI is InChI=1S/C19H37N3O3S/c1-4-26(23,24)22-8-6-19(7-9-22)15-18(5-14-25-19)21-12-10-20(11-13-21)16-17(2)3/h17-18H,4-16H2,1-3H3/t18-/m0/s1. The topological polar surface area (TPSA) is 53.1 Å². The van der Waals surface area contributed by atoms with E-state index >= 15 is 0 Å². The SMILES string of the molecule is CCS(=O)(=O)N1CCC2(CC1)C[C@@H](N1CCN(CC(C)C)CC1)CCO2. The van der Waals surface area contributed by atoms with Gasteiger partial charge in [-0.2, -0.15) is 0 Å². The molecule has 7 heteroatoms. The van der Waals surface area contributed by atoms with Crippen LogP contribution in [0.5, 0.6) is 0 Å². The first kappa shape index (κ1) is 20.5. The van der Waals surface area contributed by atoms with Gasteiger partial charge in [0.05, 0.1) is 11.4 Å². The van der Waals surface area contributed by atoms with Crippen molar-refractivity contribution in [3.05, 3.63) is 0 Å². The van der Waals surface area contributed by atoms with Crippen molar-refractivity contribution in [2.75, 3.05) is 58.2 Å². The predicted molar refractivity (Wildman–Crippen MR) is 105 cm³/mol. The van der Waals surface area contributed by atoms with Gasteiger partial charge >= 0.3 is 0 Å². The third-order valence-electron chi connectivity index (χ3n) is 6.41. The maximum atomic E-state index is 12.1. The Morgan fingerprint density at radius 1 is 1.08 bits per heavy atom. The summed E-state index contributed by atoms with van der Waals surface area (Å²) in [6.07, 6.45) is 3.87. The summed E-state index contributed by atoms with van der Waals surface area (Å²) in [6, 6.07) is 0.597. The normalized spacial score (nSPS) is 29.5. The van der Waals surface area contributed by atoms with Crippen LogP contribution in [0, 0.1) is 5.92 Å². The molecule has 3 aliphatic rings. The van der Waals surface area contributed by atoms with Crippen molar-refractivity contribution >= 4 is 10.0 Å². The molecule has 3 saturated heterocycles. The third-order valence-corrected chi connectivity index (χ3v) is 8.29. The minimum absolute atomic E-state index is 0.0995. The molecule has 0 radical (unpaired) electrons. The van der Waals surface area contributed by atoms with Crippen LogP contribution in [0.4, 0.5) is 0 Å². The second kappa shape index (κ2) is 8.43. The molecule has 0 aromatic carbocycles. The first-order valence-corrected chi connectivity index (χ1v) is 12.0. The zero-order valence-electron chi connectivity index (χ0n) is 16.8. The van der Waals surface area contributed by atoms with Crippen molar-refractivity contribution in [1.82, 2.24) is 14.1 Å². The molecule has 26 heavy (non-hydrogen) atoms. The first-order chi connectivity index (χ1) is 12.3. The minimum atomic E-state index is -3.06. The Bertz CT molecular complexity index is 550. The van der Waals surface area contributed by atoms with Crippen LogP contribution in [-0.4, -0.2) is 92.3 Å². The number of piperazine rings is 1. The number of piperidine rings is 1. The quantitative estimate of drug-likeness (QED) is 0.718. The summed E-state index contributed by atoms with van der Waals surface area (Å²) in [6.45, 7) is 14.2. The Hall–Kier alpha value is -0.210. The summed E-state index contributed by atoms with van der Waals surface area (Å²) in [4.78, 5) is 5.25. The largest absolute Gasteiger partial charge is 0.375 e. The molecule has 1 spiro atoms. The van der Waals surface area contributed by atoms with E-state index in [1.807, 2.05) is 0 Å². The van der Waals surface area contributed by atoms with E-state index in [1.54, 1.807) is 11.2 Å². The summed E-state index contributed by atoms with van der Waals surface area (Å²) in [7, 11) is -3.06. The van der Waals surface area contributed by atoms with Crippen molar-refractivity contribution in [2.45, 2.75) is 58.1 Å². The van der Waals surface area contributed by atoms with Crippen molar-refractivity contribution in [3.63, 3.8) is 0 Å². The second-order valence-electron chi connectivity index (χ2n) is 8.71. The van der Waals surface area contributed by atoms with Crippen LogP contribution >= 0.6 is 0 Å². The van der Waals surface area contributed by atoms with Gasteiger partial charge in [0.1, 0.15) is 0 Å². The number of nitrogens with zero attached hydrogens (tertiary/aromatic N) is 3. The molecule has 3 fully saturated rings. The average Bonchev–Trinajstić information content (AvgIpc) is 2.62. The summed E-state index contributed by atoms with van der Waals surface area (Å²) in [5.74, 6) is 0.932. The van der Waals surface area contributed by atoms with Gasteiger partial charge in [-0.3, -0.25) is 4.90 Å². The molecular weight excluding hydrogens is 350 g/mol. The van der Waals surface area contributed by atoms with Gasteiger partial charge in [0.15, 0.2) is 0 Å². The van der Waals surface area contributed by atoms with Crippen molar-refractivity contribution in [1.29, 1.82) is 0 Å². The highest BCUT2D eigenvalue weighted by atomic mass is 32.2. The molecule has 0 aromatic rings. The highest BCUT2D eigenvalue weighted by Gasteiger charge is 2.43. The van der Waals surface area contributed by atoms with Crippen molar-refractivity contribution in [3.8, 4) is 0 Å². The van der Waals surface area contributed by atoms with E-state index in [2.05, 4.69) is 23.6 Å². The van der Waals surface area contributed by atoms with Gasteiger partial charge in [0, 0.05) is 58.5 Å². The molecule has 1 atom stereocenters. The number of hydrogen-bond donors (Lipinski definition) is 0. The molecular formula is C19H37N3O3S. The van der Waals surface area contributed by atoms with E-state index in [9.17, 15) is 8.42 Å². The lowest BCUT2D eigenvalue weighted by Crippen LogP contribution is -2.57. The molecule has 3 aliphatic heterocycles. The lowest BCUT2D eigenvalue weighted by atomic mass is 9.82. The summed E-state index contributed by atoms with van der Waals surface area (Å²) in [5, 5.41) is 0. The third kappa shape index (κ3) is 4.79. The van der Waals surface area contributed by atoms with Gasteiger partial charge < -0.3 is 9.64 Å². The van der Waals surface area contributed by atoms with Crippen molar-refractivity contribution in [2.24, 2.45) is 5.92 Å². The van der Waals surface area contributed by atoms with Gasteiger partial charge in [0.2, 0.25) is 10.0 Å². The monoisotopic (exact) mass is 387 g/mol. The van der Waals surface area contributed by atoms with E-state index < -0.39 is 10.0 Å². The lowest BCUT2D eigenvalue weighted by molar-refractivity contribution is -0.130. The van der Waals surface area contributed by atoms with Gasteiger partial charge in [-0.1, -0.05) is 13.8 Å². The molecule has 0 aliphatic carbocycles. The van der Waals surface area contributed by atoms with Crippen LogP contribution in [-0.2, 0) is 14.8 Å². The zero-order chi connectivity index (χ0) is 18.8. The second-order valence-corrected chi connectivity index (χ2v) is 11.0. The Kier molecular flexibility index (Phi) is 6.66. The number of hydrogen-bond acceptors (Lipinski definition) is 5. The summed E-state index contributed by atoms with van der Waals surface area (Å²) >= 11 is 0. The van der Waals surface area contributed by atoms with Gasteiger partial charge in [-0.25, -0.2) is 12.7 Å². The predicted octanol–water partition coefficient (Wildman–Crippen LogP) is 1.62. The van der Waals surface area contributed by atoms with Gasteiger partial charge in [0.25, 0.3) is 0 Å². The molecule has 3 heterocycles. The fourth-order valence-corrected chi connectivity index (χ4v) is 5.95. The lowest BCUT2D eigenvalue weighted by Gasteiger charge is -2.49. The van der Waals surface area contributed by atoms with Gasteiger partial charge in [-0.05, 0) is 38.5 Å².